The van der Waals surface area contributed by atoms with Crippen LogP contribution in [0.2, 0.25) is 0 Å². The highest BCUT2D eigenvalue weighted by atomic mass is 16.5. The van der Waals surface area contributed by atoms with E-state index in [1.165, 1.54) is 12.0 Å². The van der Waals surface area contributed by atoms with Gasteiger partial charge in [0.05, 0.1) is 6.10 Å². The Hall–Kier alpha value is -2.20. The van der Waals surface area contributed by atoms with Crippen LogP contribution in [0.15, 0.2) is 42.5 Å². The Morgan fingerprint density at radius 3 is 2.67 bits per heavy atom. The molecule has 3 aliphatic rings. The van der Waals surface area contributed by atoms with Crippen LogP contribution in [0.1, 0.15) is 55.6 Å². The van der Waals surface area contributed by atoms with Crippen LogP contribution in [0.4, 0.5) is 0 Å². The predicted octanol–water partition coefficient (Wildman–Crippen LogP) is 4.36. The lowest BCUT2D eigenvalue weighted by Gasteiger charge is -2.45. The van der Waals surface area contributed by atoms with E-state index in [0.29, 0.717) is 11.9 Å². The van der Waals surface area contributed by atoms with E-state index in [2.05, 4.69) is 29.6 Å². The molecule has 142 valence electrons. The zero-order valence-corrected chi connectivity index (χ0v) is 15.6. The first-order valence-electron chi connectivity index (χ1n) is 10.2. The molecule has 1 saturated heterocycles. The fourth-order valence-corrected chi connectivity index (χ4v) is 4.63. The zero-order chi connectivity index (χ0) is 18.3. The lowest BCUT2D eigenvalue weighted by molar-refractivity contribution is 0.0108. The molecule has 2 aliphatic heterocycles. The lowest BCUT2D eigenvalue weighted by atomic mass is 9.75. The molecular weight excluding hydrogens is 338 g/mol. The first-order chi connectivity index (χ1) is 13.2. The highest BCUT2D eigenvalue weighted by Gasteiger charge is 2.42. The number of fused-ring (bicyclic) bond motifs is 1. The lowest BCUT2D eigenvalue weighted by Crippen LogP contribution is -2.49. The fraction of sp³-hybridized carbons (Fsp3) is 0.478. The van der Waals surface area contributed by atoms with Crippen LogP contribution < -0.4 is 14.8 Å². The number of rotatable bonds is 3. The van der Waals surface area contributed by atoms with Crippen LogP contribution in [0.25, 0.3) is 0 Å². The molecule has 1 atom stereocenters. The number of piperidine rings is 1. The molecule has 2 aromatic rings. The number of ether oxygens (including phenoxy) is 2. The maximum absolute atomic E-state index is 10.0. The first-order valence-corrected chi connectivity index (χ1v) is 10.2. The van der Waals surface area contributed by atoms with Crippen LogP contribution >= 0.6 is 0 Å². The van der Waals surface area contributed by atoms with E-state index in [-0.39, 0.29) is 11.5 Å². The number of phenolic OH excluding ortho intramolecular Hbond substituents is 1. The summed E-state index contributed by atoms with van der Waals surface area (Å²) in [6.07, 6.45) is 6.90. The van der Waals surface area contributed by atoms with Gasteiger partial charge in [0.25, 0.3) is 0 Å². The molecule has 4 nitrogen and oxygen atoms in total. The van der Waals surface area contributed by atoms with Crippen molar-refractivity contribution in [2.24, 2.45) is 0 Å². The second-order valence-corrected chi connectivity index (χ2v) is 8.26. The van der Waals surface area contributed by atoms with Gasteiger partial charge >= 0.3 is 0 Å². The summed E-state index contributed by atoms with van der Waals surface area (Å²) in [6, 6.07) is 14.0. The number of aromatic hydroxyl groups is 1. The Morgan fingerprint density at radius 2 is 1.93 bits per heavy atom. The highest BCUT2D eigenvalue weighted by molar-refractivity contribution is 5.49. The molecule has 0 aromatic heterocycles. The molecule has 2 fully saturated rings. The smallest absolute Gasteiger partial charge is 0.127 e. The molecule has 1 unspecified atom stereocenters. The summed E-state index contributed by atoms with van der Waals surface area (Å²) < 4.78 is 12.8. The van der Waals surface area contributed by atoms with Gasteiger partial charge in [0, 0.05) is 17.5 Å². The topological polar surface area (TPSA) is 50.7 Å². The summed E-state index contributed by atoms with van der Waals surface area (Å²) in [6.45, 7) is 1.97. The molecule has 2 heterocycles. The largest absolute Gasteiger partial charge is 0.508 e. The van der Waals surface area contributed by atoms with Crippen molar-refractivity contribution in [3.63, 3.8) is 0 Å². The first kappa shape index (κ1) is 16.9. The normalized spacial score (nSPS) is 23.9. The van der Waals surface area contributed by atoms with Gasteiger partial charge in [-0.25, -0.2) is 0 Å². The minimum atomic E-state index is -0.135. The third kappa shape index (κ3) is 3.27. The molecule has 5 rings (SSSR count). The van der Waals surface area contributed by atoms with Gasteiger partial charge in [-0.3, -0.25) is 0 Å². The van der Waals surface area contributed by atoms with E-state index in [0.717, 1.165) is 62.3 Å². The highest BCUT2D eigenvalue weighted by Crippen LogP contribution is 2.48. The molecule has 1 saturated carbocycles. The molecule has 4 heteroatoms. The Balaban J connectivity index is 1.53. The van der Waals surface area contributed by atoms with Crippen molar-refractivity contribution in [1.29, 1.82) is 0 Å². The van der Waals surface area contributed by atoms with Crippen LogP contribution in [0, 0.1) is 0 Å². The quantitative estimate of drug-likeness (QED) is 0.849. The Bertz CT molecular complexity index is 824. The number of hydrogen-bond acceptors (Lipinski definition) is 4. The zero-order valence-electron chi connectivity index (χ0n) is 15.6. The van der Waals surface area contributed by atoms with Crippen LogP contribution in [0.3, 0.4) is 0 Å². The van der Waals surface area contributed by atoms with Gasteiger partial charge in [0.15, 0.2) is 0 Å². The molecule has 27 heavy (non-hydrogen) atoms. The third-order valence-electron chi connectivity index (χ3n) is 6.41. The Kier molecular flexibility index (Phi) is 4.24. The molecule has 0 bridgehead atoms. The van der Waals surface area contributed by atoms with Crippen molar-refractivity contribution in [3.05, 3.63) is 53.6 Å². The predicted molar refractivity (Wildman–Crippen MR) is 105 cm³/mol. The van der Waals surface area contributed by atoms with Crippen molar-refractivity contribution in [2.75, 3.05) is 13.1 Å². The van der Waals surface area contributed by atoms with Gasteiger partial charge in [0.2, 0.25) is 0 Å². The molecule has 0 radical (unpaired) electrons. The molecule has 0 amide bonds. The third-order valence-corrected chi connectivity index (χ3v) is 6.41. The summed E-state index contributed by atoms with van der Waals surface area (Å²) >= 11 is 0. The average molecular weight is 365 g/mol. The SMILES string of the molecule is Oc1cccc(C2CC3(CCNCC3)Oc3cc(OC4CCC4)ccc32)c1. The maximum atomic E-state index is 10.0. The minimum Gasteiger partial charge on any atom is -0.508 e. The summed E-state index contributed by atoms with van der Waals surface area (Å²) in [5, 5.41) is 13.5. The minimum absolute atomic E-state index is 0.135. The van der Waals surface area contributed by atoms with Crippen LogP contribution in [-0.4, -0.2) is 29.9 Å². The molecular formula is C23H27NO3. The summed E-state index contributed by atoms with van der Waals surface area (Å²) in [4.78, 5) is 0. The monoisotopic (exact) mass is 365 g/mol. The van der Waals surface area contributed by atoms with Gasteiger partial charge in [0.1, 0.15) is 22.8 Å². The Morgan fingerprint density at radius 1 is 1.07 bits per heavy atom. The van der Waals surface area contributed by atoms with Gasteiger partial charge in [-0.2, -0.15) is 0 Å². The Labute approximate surface area is 160 Å². The van der Waals surface area contributed by atoms with Gasteiger partial charge < -0.3 is 19.9 Å². The number of phenols is 1. The number of hydrogen-bond donors (Lipinski definition) is 2. The van der Waals surface area contributed by atoms with Crippen molar-refractivity contribution in [1.82, 2.24) is 5.32 Å². The molecule has 1 aliphatic carbocycles. The summed E-state index contributed by atoms with van der Waals surface area (Å²) in [5.41, 5.74) is 2.22. The fourth-order valence-electron chi connectivity index (χ4n) is 4.63. The van der Waals surface area contributed by atoms with E-state index >= 15 is 0 Å². The van der Waals surface area contributed by atoms with E-state index in [1.54, 1.807) is 6.07 Å². The van der Waals surface area contributed by atoms with Gasteiger partial charge in [-0.15, -0.1) is 0 Å². The number of nitrogens with one attached hydrogen (secondary N) is 1. The van der Waals surface area contributed by atoms with Crippen molar-refractivity contribution in [2.45, 2.75) is 56.1 Å². The number of benzene rings is 2. The van der Waals surface area contributed by atoms with E-state index < -0.39 is 0 Å². The van der Waals surface area contributed by atoms with Crippen LogP contribution in [0.5, 0.6) is 17.2 Å². The van der Waals surface area contributed by atoms with Crippen molar-refractivity contribution < 1.29 is 14.6 Å². The van der Waals surface area contributed by atoms with E-state index in [9.17, 15) is 5.11 Å². The van der Waals surface area contributed by atoms with Crippen molar-refractivity contribution >= 4 is 0 Å². The summed E-state index contributed by atoms with van der Waals surface area (Å²) in [5.74, 6) is 2.42. The van der Waals surface area contributed by atoms with Gasteiger partial charge in [-0.1, -0.05) is 18.2 Å². The molecule has 2 N–H and O–H groups in total. The van der Waals surface area contributed by atoms with Crippen LogP contribution in [-0.2, 0) is 0 Å². The standard InChI is InChI=1S/C23H27NO3/c25-17-4-1-3-16(13-17)21-15-23(9-11-24-12-10-23)27-22-14-19(7-8-20(21)22)26-18-5-2-6-18/h1,3-4,7-8,13-14,18,21,24-25H,2,5-6,9-12,15H2. The second kappa shape index (κ2) is 6.75. The second-order valence-electron chi connectivity index (χ2n) is 8.26. The van der Waals surface area contributed by atoms with E-state index in [1.807, 2.05) is 12.1 Å². The van der Waals surface area contributed by atoms with Gasteiger partial charge in [-0.05, 0) is 75.4 Å². The van der Waals surface area contributed by atoms with E-state index in [4.69, 9.17) is 9.47 Å². The molecule has 1 spiro atoms. The molecule has 2 aromatic carbocycles. The summed E-state index contributed by atoms with van der Waals surface area (Å²) in [7, 11) is 0. The maximum Gasteiger partial charge on any atom is 0.127 e. The average Bonchev–Trinajstić information content (AvgIpc) is 2.64. The van der Waals surface area contributed by atoms with Crippen molar-refractivity contribution in [3.8, 4) is 17.2 Å².